The molecule has 1 atom stereocenters. The molecule has 0 aliphatic heterocycles. The average molecular weight is 365 g/mol. The smallest absolute Gasteiger partial charge is 0.144 e. The van der Waals surface area contributed by atoms with Crippen LogP contribution in [0.5, 0.6) is 0 Å². The standard InChI is InChI=1S/C17H25BrN4/c1-22(2)9-3-4-13-5-7-14(8-6-13)10-16(19)17-20-11-15(18)12-21-17/h11-14,16H,5-10,19H2,1-2H3. The van der Waals surface area contributed by atoms with Gasteiger partial charge in [0.1, 0.15) is 5.82 Å². The summed E-state index contributed by atoms with van der Waals surface area (Å²) in [4.78, 5) is 10.7. The lowest BCUT2D eigenvalue weighted by Crippen LogP contribution is -2.21. The molecule has 2 N–H and O–H groups in total. The normalized spacial score (nSPS) is 23.0. The Morgan fingerprint density at radius 2 is 1.91 bits per heavy atom. The quantitative estimate of drug-likeness (QED) is 0.834. The summed E-state index contributed by atoms with van der Waals surface area (Å²) in [5.74, 6) is 8.67. The van der Waals surface area contributed by atoms with E-state index in [2.05, 4.69) is 56.7 Å². The number of nitrogens with two attached hydrogens (primary N) is 1. The first-order valence-electron chi connectivity index (χ1n) is 7.90. The number of hydrogen-bond donors (Lipinski definition) is 1. The summed E-state index contributed by atoms with van der Waals surface area (Å²) in [6, 6.07) is -0.0607. The Labute approximate surface area is 142 Å². The lowest BCUT2D eigenvalue weighted by atomic mass is 9.79. The summed E-state index contributed by atoms with van der Waals surface area (Å²) in [5, 5.41) is 0. The lowest BCUT2D eigenvalue weighted by molar-refractivity contribution is 0.284. The molecule has 1 aliphatic carbocycles. The predicted molar refractivity (Wildman–Crippen MR) is 93.1 cm³/mol. The fourth-order valence-electron chi connectivity index (χ4n) is 2.87. The van der Waals surface area contributed by atoms with Crippen LogP contribution in [-0.4, -0.2) is 35.5 Å². The third-order valence-corrected chi connectivity index (χ3v) is 4.52. The highest BCUT2D eigenvalue weighted by Crippen LogP contribution is 2.33. The molecule has 1 aliphatic rings. The third kappa shape index (κ3) is 5.68. The van der Waals surface area contributed by atoms with Gasteiger partial charge in [-0.15, -0.1) is 0 Å². The molecule has 1 aromatic heterocycles. The minimum Gasteiger partial charge on any atom is -0.321 e. The molecule has 120 valence electrons. The summed E-state index contributed by atoms with van der Waals surface area (Å²) >= 11 is 3.35. The number of aromatic nitrogens is 2. The van der Waals surface area contributed by atoms with Gasteiger partial charge in [-0.05, 0) is 68.0 Å². The van der Waals surface area contributed by atoms with E-state index in [0.29, 0.717) is 11.8 Å². The van der Waals surface area contributed by atoms with Gasteiger partial charge in [0.05, 0.1) is 17.1 Å². The Hall–Kier alpha value is -0.960. The van der Waals surface area contributed by atoms with E-state index in [1.165, 1.54) is 25.7 Å². The molecular formula is C17H25BrN4. The molecule has 0 bridgehead atoms. The first-order chi connectivity index (χ1) is 10.5. The zero-order chi connectivity index (χ0) is 15.9. The zero-order valence-electron chi connectivity index (χ0n) is 13.4. The molecule has 0 saturated heterocycles. The molecule has 22 heavy (non-hydrogen) atoms. The van der Waals surface area contributed by atoms with E-state index >= 15 is 0 Å². The SMILES string of the molecule is CN(C)CC#CC1CCC(CC(N)c2ncc(Br)cn2)CC1. The molecular weight excluding hydrogens is 340 g/mol. The van der Waals surface area contributed by atoms with Gasteiger partial charge in [-0.1, -0.05) is 11.8 Å². The Balaban J connectivity index is 1.77. The van der Waals surface area contributed by atoms with Gasteiger partial charge in [0, 0.05) is 18.3 Å². The van der Waals surface area contributed by atoms with E-state index in [-0.39, 0.29) is 6.04 Å². The number of rotatable bonds is 4. The second-order valence-corrected chi connectivity index (χ2v) is 7.29. The van der Waals surface area contributed by atoms with Crippen molar-refractivity contribution in [1.29, 1.82) is 0 Å². The van der Waals surface area contributed by atoms with Crippen molar-refractivity contribution in [2.24, 2.45) is 17.6 Å². The van der Waals surface area contributed by atoms with Crippen molar-refractivity contribution in [3.05, 3.63) is 22.7 Å². The molecule has 1 saturated carbocycles. The fraction of sp³-hybridized carbons (Fsp3) is 0.647. The van der Waals surface area contributed by atoms with E-state index < -0.39 is 0 Å². The first-order valence-corrected chi connectivity index (χ1v) is 8.70. The van der Waals surface area contributed by atoms with E-state index in [1.807, 2.05) is 0 Å². The van der Waals surface area contributed by atoms with Crippen LogP contribution in [0.2, 0.25) is 0 Å². The van der Waals surface area contributed by atoms with Crippen LogP contribution < -0.4 is 5.73 Å². The summed E-state index contributed by atoms with van der Waals surface area (Å²) in [7, 11) is 4.11. The maximum atomic E-state index is 6.25. The van der Waals surface area contributed by atoms with Gasteiger partial charge in [-0.2, -0.15) is 0 Å². The van der Waals surface area contributed by atoms with Crippen molar-refractivity contribution in [1.82, 2.24) is 14.9 Å². The van der Waals surface area contributed by atoms with Crippen LogP contribution >= 0.6 is 15.9 Å². The minimum atomic E-state index is -0.0607. The van der Waals surface area contributed by atoms with Gasteiger partial charge < -0.3 is 5.73 Å². The molecule has 1 fully saturated rings. The van der Waals surface area contributed by atoms with Crippen LogP contribution in [0, 0.1) is 23.7 Å². The molecule has 0 spiro atoms. The number of hydrogen-bond acceptors (Lipinski definition) is 4. The monoisotopic (exact) mass is 364 g/mol. The summed E-state index contributed by atoms with van der Waals surface area (Å²) in [6.45, 7) is 0.853. The molecule has 2 rings (SSSR count). The molecule has 0 aromatic carbocycles. The highest BCUT2D eigenvalue weighted by Gasteiger charge is 2.23. The number of nitrogens with zero attached hydrogens (tertiary/aromatic N) is 3. The molecule has 5 heteroatoms. The average Bonchev–Trinajstić information content (AvgIpc) is 2.49. The van der Waals surface area contributed by atoms with Crippen LogP contribution in [0.3, 0.4) is 0 Å². The molecule has 1 aromatic rings. The Bertz CT molecular complexity index is 510. The van der Waals surface area contributed by atoms with E-state index in [1.54, 1.807) is 12.4 Å². The van der Waals surface area contributed by atoms with Crippen molar-refractivity contribution >= 4 is 15.9 Å². The third-order valence-electron chi connectivity index (χ3n) is 4.11. The number of halogens is 1. The van der Waals surface area contributed by atoms with Gasteiger partial charge in [-0.3, -0.25) is 4.90 Å². The molecule has 0 amide bonds. The van der Waals surface area contributed by atoms with Crippen LogP contribution in [0.4, 0.5) is 0 Å². The van der Waals surface area contributed by atoms with Crippen LogP contribution in [0.25, 0.3) is 0 Å². The second kappa shape index (κ2) is 8.61. The maximum Gasteiger partial charge on any atom is 0.144 e. The minimum absolute atomic E-state index is 0.0607. The van der Waals surface area contributed by atoms with E-state index in [4.69, 9.17) is 5.73 Å². The van der Waals surface area contributed by atoms with Crippen LogP contribution in [-0.2, 0) is 0 Å². The van der Waals surface area contributed by atoms with Gasteiger partial charge >= 0.3 is 0 Å². The maximum absolute atomic E-state index is 6.25. The summed E-state index contributed by atoms with van der Waals surface area (Å²) in [6.07, 6.45) is 9.31. The second-order valence-electron chi connectivity index (χ2n) is 6.38. The summed E-state index contributed by atoms with van der Waals surface area (Å²) < 4.78 is 0.889. The Morgan fingerprint density at radius 1 is 1.27 bits per heavy atom. The van der Waals surface area contributed by atoms with Gasteiger partial charge in [0.25, 0.3) is 0 Å². The van der Waals surface area contributed by atoms with Gasteiger partial charge in [0.2, 0.25) is 0 Å². The molecule has 1 heterocycles. The van der Waals surface area contributed by atoms with Crippen LogP contribution in [0.1, 0.15) is 44.0 Å². The van der Waals surface area contributed by atoms with Crippen molar-refractivity contribution in [3.8, 4) is 11.8 Å². The molecule has 1 unspecified atom stereocenters. The molecule has 0 radical (unpaired) electrons. The van der Waals surface area contributed by atoms with E-state index in [0.717, 1.165) is 23.3 Å². The largest absolute Gasteiger partial charge is 0.321 e. The van der Waals surface area contributed by atoms with Gasteiger partial charge in [0.15, 0.2) is 0 Å². The van der Waals surface area contributed by atoms with Crippen molar-refractivity contribution in [3.63, 3.8) is 0 Å². The highest BCUT2D eigenvalue weighted by molar-refractivity contribution is 9.10. The van der Waals surface area contributed by atoms with E-state index in [9.17, 15) is 0 Å². The fourth-order valence-corrected chi connectivity index (χ4v) is 3.07. The lowest BCUT2D eigenvalue weighted by Gasteiger charge is -2.27. The van der Waals surface area contributed by atoms with Gasteiger partial charge in [-0.25, -0.2) is 9.97 Å². The summed E-state index contributed by atoms with van der Waals surface area (Å²) in [5.41, 5.74) is 6.25. The Kier molecular flexibility index (Phi) is 6.81. The highest BCUT2D eigenvalue weighted by atomic mass is 79.9. The van der Waals surface area contributed by atoms with Crippen molar-refractivity contribution in [2.75, 3.05) is 20.6 Å². The topological polar surface area (TPSA) is 55.0 Å². The van der Waals surface area contributed by atoms with Crippen molar-refractivity contribution < 1.29 is 0 Å². The predicted octanol–water partition coefficient (Wildman–Crippen LogP) is 3.00. The van der Waals surface area contributed by atoms with Crippen molar-refractivity contribution in [2.45, 2.75) is 38.1 Å². The van der Waals surface area contributed by atoms with Crippen LogP contribution in [0.15, 0.2) is 16.9 Å². The zero-order valence-corrected chi connectivity index (χ0v) is 15.0. The molecule has 4 nitrogen and oxygen atoms in total. The Morgan fingerprint density at radius 3 is 2.50 bits per heavy atom. The first kappa shape index (κ1) is 17.4.